The lowest BCUT2D eigenvalue weighted by molar-refractivity contribution is 0.0700. The number of thiazole rings is 1. The van der Waals surface area contributed by atoms with Gasteiger partial charge in [0.1, 0.15) is 12.4 Å². The number of benzene rings is 1. The van der Waals surface area contributed by atoms with Crippen molar-refractivity contribution in [2.45, 2.75) is 26.0 Å². The smallest absolute Gasteiger partial charge is 0.276 e. The summed E-state index contributed by atoms with van der Waals surface area (Å²) in [6.07, 6.45) is 0.842. The van der Waals surface area contributed by atoms with Gasteiger partial charge in [-0.15, -0.1) is 11.3 Å². The van der Waals surface area contributed by atoms with Crippen molar-refractivity contribution in [1.82, 2.24) is 15.0 Å². The second-order valence-electron chi connectivity index (χ2n) is 6.26. The second-order valence-corrected chi connectivity index (χ2v) is 7.50. The molecule has 0 N–H and O–H groups in total. The van der Waals surface area contributed by atoms with E-state index in [1.165, 1.54) is 0 Å². The van der Waals surface area contributed by atoms with Crippen molar-refractivity contribution in [2.75, 3.05) is 20.3 Å². The number of carbonyl (C=O) groups excluding carboxylic acids is 1. The van der Waals surface area contributed by atoms with Crippen LogP contribution in [0.3, 0.4) is 0 Å². The molecule has 3 aromatic rings. The highest BCUT2D eigenvalue weighted by Gasteiger charge is 2.26. The Morgan fingerprint density at radius 3 is 3.12 bits per heavy atom. The lowest BCUT2D eigenvalue weighted by Gasteiger charge is -2.21. The average Bonchev–Trinajstić information content (AvgIpc) is 3.37. The largest absolute Gasteiger partial charge is 0.485 e. The fourth-order valence-corrected chi connectivity index (χ4v) is 3.73. The van der Waals surface area contributed by atoms with Gasteiger partial charge in [0.05, 0.1) is 27.9 Å². The van der Waals surface area contributed by atoms with Crippen LogP contribution in [0, 0.1) is 6.92 Å². The van der Waals surface area contributed by atoms with Crippen LogP contribution in [0.2, 0.25) is 0 Å². The van der Waals surface area contributed by atoms with Crippen molar-refractivity contribution >= 4 is 27.5 Å². The van der Waals surface area contributed by atoms with E-state index in [2.05, 4.69) is 10.1 Å². The maximum atomic E-state index is 12.5. The van der Waals surface area contributed by atoms with E-state index in [-0.39, 0.29) is 24.2 Å². The molecule has 7 nitrogen and oxygen atoms in total. The van der Waals surface area contributed by atoms with Crippen LogP contribution in [-0.4, -0.2) is 47.3 Å². The van der Waals surface area contributed by atoms with Crippen LogP contribution in [0.1, 0.15) is 27.7 Å². The fraction of sp³-hybridized carbons (Fsp3) is 0.389. The molecule has 0 unspecified atom stereocenters. The van der Waals surface area contributed by atoms with Gasteiger partial charge in [0, 0.05) is 25.8 Å². The van der Waals surface area contributed by atoms with Gasteiger partial charge in [0.2, 0.25) is 0 Å². The van der Waals surface area contributed by atoms with Crippen molar-refractivity contribution in [3.05, 3.63) is 40.7 Å². The van der Waals surface area contributed by atoms with E-state index < -0.39 is 0 Å². The Kier molecular flexibility index (Phi) is 4.60. The van der Waals surface area contributed by atoms with Crippen molar-refractivity contribution < 1.29 is 18.8 Å². The summed E-state index contributed by atoms with van der Waals surface area (Å²) in [5.74, 6) is 1.03. The Morgan fingerprint density at radius 1 is 1.42 bits per heavy atom. The molecule has 0 spiro atoms. The molecule has 3 heterocycles. The van der Waals surface area contributed by atoms with Crippen LogP contribution >= 0.6 is 11.3 Å². The highest BCUT2D eigenvalue weighted by atomic mass is 32.1. The molecule has 1 fully saturated rings. The number of hydrogen-bond acceptors (Lipinski definition) is 7. The minimum absolute atomic E-state index is 0.0900. The average molecular weight is 373 g/mol. The highest BCUT2D eigenvalue weighted by molar-refractivity contribution is 7.18. The van der Waals surface area contributed by atoms with Crippen LogP contribution < -0.4 is 4.74 Å². The van der Waals surface area contributed by atoms with E-state index in [4.69, 9.17) is 14.0 Å². The predicted molar refractivity (Wildman–Crippen MR) is 96.5 cm³/mol. The molecular formula is C18H19N3O4S. The van der Waals surface area contributed by atoms with E-state index in [9.17, 15) is 4.79 Å². The minimum Gasteiger partial charge on any atom is -0.485 e. The van der Waals surface area contributed by atoms with E-state index in [0.717, 1.165) is 21.6 Å². The van der Waals surface area contributed by atoms with Gasteiger partial charge in [-0.25, -0.2) is 4.98 Å². The predicted octanol–water partition coefficient (Wildman–Crippen LogP) is 3.03. The minimum atomic E-state index is -0.171. The van der Waals surface area contributed by atoms with Gasteiger partial charge >= 0.3 is 0 Å². The number of likely N-dealkylation sites (N-methyl/N-ethyl adjacent to an activating group) is 1. The number of nitrogens with zero attached hydrogens (tertiary/aromatic N) is 3. The zero-order valence-corrected chi connectivity index (χ0v) is 15.4. The van der Waals surface area contributed by atoms with E-state index in [1.54, 1.807) is 29.4 Å². The maximum Gasteiger partial charge on any atom is 0.276 e. The zero-order valence-electron chi connectivity index (χ0n) is 14.6. The Hall–Kier alpha value is -2.45. The number of ether oxygens (including phenoxy) is 2. The first-order valence-corrected chi connectivity index (χ1v) is 9.22. The molecule has 1 saturated heterocycles. The molecule has 1 aliphatic heterocycles. The number of carbonyl (C=O) groups is 1. The Balaban J connectivity index is 1.40. The zero-order chi connectivity index (χ0) is 18.1. The summed E-state index contributed by atoms with van der Waals surface area (Å²) in [5.41, 5.74) is 1.20. The molecule has 0 aliphatic carbocycles. The Bertz CT molecular complexity index is 930. The number of aromatic nitrogens is 2. The quantitative estimate of drug-likeness (QED) is 0.684. The van der Waals surface area contributed by atoms with Crippen LogP contribution in [0.25, 0.3) is 10.2 Å². The van der Waals surface area contributed by atoms with E-state index in [0.29, 0.717) is 24.7 Å². The van der Waals surface area contributed by atoms with Crippen molar-refractivity contribution in [2.24, 2.45) is 0 Å². The summed E-state index contributed by atoms with van der Waals surface area (Å²) in [4.78, 5) is 18.6. The molecular weight excluding hydrogens is 354 g/mol. The summed E-state index contributed by atoms with van der Waals surface area (Å²) >= 11 is 1.65. The molecule has 8 heteroatoms. The van der Waals surface area contributed by atoms with Crippen LogP contribution in [0.15, 0.2) is 28.8 Å². The summed E-state index contributed by atoms with van der Waals surface area (Å²) in [6.45, 7) is 3.43. The van der Waals surface area contributed by atoms with E-state index in [1.807, 2.05) is 25.1 Å². The van der Waals surface area contributed by atoms with Gasteiger partial charge in [-0.3, -0.25) is 4.79 Å². The SMILES string of the molecule is Cc1nc2cc(OCc3cc(C(=O)N(C)[C@@H]4CCOC4)no3)ccc2s1. The number of aryl methyl sites for hydroxylation is 1. The molecule has 0 radical (unpaired) electrons. The normalized spacial score (nSPS) is 16.9. The molecule has 1 amide bonds. The third kappa shape index (κ3) is 3.42. The summed E-state index contributed by atoms with van der Waals surface area (Å²) in [7, 11) is 1.76. The second kappa shape index (κ2) is 7.05. The van der Waals surface area contributed by atoms with Gasteiger partial charge < -0.3 is 18.9 Å². The monoisotopic (exact) mass is 373 g/mol. The van der Waals surface area contributed by atoms with Crippen LogP contribution in [0.5, 0.6) is 5.75 Å². The van der Waals surface area contributed by atoms with Crippen LogP contribution in [-0.2, 0) is 11.3 Å². The van der Waals surface area contributed by atoms with Gasteiger partial charge in [0.15, 0.2) is 11.5 Å². The molecule has 1 aromatic carbocycles. The molecule has 4 rings (SSSR count). The summed E-state index contributed by atoms with van der Waals surface area (Å²) < 4.78 is 17.4. The van der Waals surface area contributed by atoms with Crippen molar-refractivity contribution in [3.63, 3.8) is 0 Å². The fourth-order valence-electron chi connectivity index (χ4n) is 2.92. The number of rotatable bonds is 5. The Morgan fingerprint density at radius 2 is 2.31 bits per heavy atom. The van der Waals surface area contributed by atoms with E-state index >= 15 is 0 Å². The third-order valence-corrected chi connectivity index (χ3v) is 5.35. The van der Waals surface area contributed by atoms with Gasteiger partial charge in [-0.05, 0) is 25.5 Å². The lowest BCUT2D eigenvalue weighted by atomic mass is 10.2. The van der Waals surface area contributed by atoms with Crippen molar-refractivity contribution in [1.29, 1.82) is 0 Å². The number of hydrogen-bond donors (Lipinski definition) is 0. The number of amides is 1. The third-order valence-electron chi connectivity index (χ3n) is 4.40. The first-order chi connectivity index (χ1) is 12.6. The lowest BCUT2D eigenvalue weighted by Crippen LogP contribution is -2.37. The maximum absolute atomic E-state index is 12.5. The summed E-state index contributed by atoms with van der Waals surface area (Å²) in [5, 5.41) is 4.90. The standard InChI is InChI=1S/C18H19N3O4S/c1-11-19-15-7-13(3-4-17(15)26-11)24-10-14-8-16(20-25-14)18(22)21(2)12-5-6-23-9-12/h3-4,7-8,12H,5-6,9-10H2,1-2H3/t12-/m1/s1. The first-order valence-electron chi connectivity index (χ1n) is 8.40. The topological polar surface area (TPSA) is 77.7 Å². The molecule has 0 saturated carbocycles. The highest BCUT2D eigenvalue weighted by Crippen LogP contribution is 2.26. The first kappa shape index (κ1) is 17.0. The molecule has 136 valence electrons. The summed E-state index contributed by atoms with van der Waals surface area (Å²) in [6, 6.07) is 7.50. The molecule has 2 aromatic heterocycles. The van der Waals surface area contributed by atoms with Crippen molar-refractivity contribution in [3.8, 4) is 5.75 Å². The van der Waals surface area contributed by atoms with Gasteiger partial charge in [-0.2, -0.15) is 0 Å². The molecule has 1 atom stereocenters. The molecule has 26 heavy (non-hydrogen) atoms. The Labute approximate surface area is 154 Å². The number of fused-ring (bicyclic) bond motifs is 1. The van der Waals surface area contributed by atoms with Gasteiger partial charge in [0.25, 0.3) is 5.91 Å². The van der Waals surface area contributed by atoms with Gasteiger partial charge in [-0.1, -0.05) is 5.16 Å². The molecule has 1 aliphatic rings. The van der Waals surface area contributed by atoms with Crippen LogP contribution in [0.4, 0.5) is 0 Å². The molecule has 0 bridgehead atoms.